The SMILES string of the molecule is COc1cc(NC(=O)C(Cc2ccccc2)N2C(=O)C3CCC(C)(C2=O)C3(C)C)c(OC)cc1Cl. The number of ether oxygens (including phenoxy) is 2. The first kappa shape index (κ1) is 25.0. The number of imide groups is 1. The minimum absolute atomic E-state index is 0.195. The number of amides is 3. The van der Waals surface area contributed by atoms with Crippen LogP contribution in [0.4, 0.5) is 5.69 Å². The van der Waals surface area contributed by atoms with E-state index in [4.69, 9.17) is 21.1 Å². The van der Waals surface area contributed by atoms with E-state index in [1.807, 2.05) is 51.1 Å². The molecule has 1 aliphatic heterocycles. The highest BCUT2D eigenvalue weighted by Gasteiger charge is 2.65. The van der Waals surface area contributed by atoms with Gasteiger partial charge in [0.1, 0.15) is 17.5 Å². The highest BCUT2D eigenvalue weighted by molar-refractivity contribution is 6.32. The molecule has 1 aliphatic carbocycles. The summed E-state index contributed by atoms with van der Waals surface area (Å²) in [7, 11) is 2.94. The number of nitrogens with one attached hydrogen (secondary N) is 1. The number of halogens is 1. The van der Waals surface area contributed by atoms with Crippen molar-refractivity contribution in [1.29, 1.82) is 0 Å². The van der Waals surface area contributed by atoms with Gasteiger partial charge in [0.2, 0.25) is 17.7 Å². The molecule has 0 radical (unpaired) electrons. The molecule has 2 aromatic carbocycles. The van der Waals surface area contributed by atoms with Gasteiger partial charge in [-0.15, -0.1) is 0 Å². The molecule has 3 atom stereocenters. The summed E-state index contributed by atoms with van der Waals surface area (Å²) in [5.41, 5.74) is -0.0142. The fraction of sp³-hybridized carbons (Fsp3) is 0.444. The number of fused-ring (bicyclic) bond motifs is 2. The van der Waals surface area contributed by atoms with Crippen molar-refractivity contribution in [3.63, 3.8) is 0 Å². The lowest BCUT2D eigenvalue weighted by Gasteiger charge is -2.49. The smallest absolute Gasteiger partial charge is 0.248 e. The lowest BCUT2D eigenvalue weighted by molar-refractivity contribution is -0.172. The predicted molar refractivity (Wildman–Crippen MR) is 134 cm³/mol. The van der Waals surface area contributed by atoms with Gasteiger partial charge >= 0.3 is 0 Å². The minimum Gasteiger partial charge on any atom is -0.495 e. The lowest BCUT2D eigenvalue weighted by Crippen LogP contribution is -2.64. The molecule has 1 heterocycles. The highest BCUT2D eigenvalue weighted by atomic mass is 35.5. The fourth-order valence-electron chi connectivity index (χ4n) is 5.46. The van der Waals surface area contributed by atoms with Gasteiger partial charge in [0.05, 0.1) is 30.3 Å². The number of hydrogen-bond acceptors (Lipinski definition) is 5. The van der Waals surface area contributed by atoms with Crippen molar-refractivity contribution >= 4 is 35.0 Å². The summed E-state index contributed by atoms with van der Waals surface area (Å²) < 4.78 is 10.7. The summed E-state index contributed by atoms with van der Waals surface area (Å²) in [6, 6.07) is 11.5. The first-order valence-corrected chi connectivity index (χ1v) is 12.1. The molecule has 2 bridgehead atoms. The van der Waals surface area contributed by atoms with Crippen LogP contribution in [0.25, 0.3) is 0 Å². The van der Waals surface area contributed by atoms with Crippen molar-refractivity contribution < 1.29 is 23.9 Å². The molecule has 2 fully saturated rings. The third-order valence-electron chi connectivity index (χ3n) is 8.07. The van der Waals surface area contributed by atoms with Crippen LogP contribution in [0.15, 0.2) is 42.5 Å². The van der Waals surface area contributed by atoms with E-state index < -0.39 is 22.8 Å². The number of benzene rings is 2. The second kappa shape index (κ2) is 9.19. The Morgan fingerprint density at radius 1 is 1.11 bits per heavy atom. The summed E-state index contributed by atoms with van der Waals surface area (Å²) in [6.07, 6.45) is 1.44. The molecule has 8 heteroatoms. The van der Waals surface area contributed by atoms with E-state index in [1.165, 1.54) is 19.1 Å². The Morgan fingerprint density at radius 2 is 1.77 bits per heavy atom. The number of likely N-dealkylation sites (tertiary alicyclic amines) is 1. The quantitative estimate of drug-likeness (QED) is 0.558. The second-order valence-corrected chi connectivity index (χ2v) is 10.4. The average molecular weight is 499 g/mol. The zero-order chi connectivity index (χ0) is 25.5. The Labute approximate surface area is 210 Å². The van der Waals surface area contributed by atoms with Crippen LogP contribution in [-0.2, 0) is 20.8 Å². The molecular formula is C27H31ClN2O5. The van der Waals surface area contributed by atoms with Gasteiger partial charge in [0, 0.05) is 24.5 Å². The van der Waals surface area contributed by atoms with E-state index in [0.717, 1.165) is 5.56 Å². The molecule has 3 amide bonds. The molecule has 3 unspecified atom stereocenters. The van der Waals surface area contributed by atoms with E-state index >= 15 is 0 Å². The van der Waals surface area contributed by atoms with Crippen LogP contribution in [0.5, 0.6) is 11.5 Å². The predicted octanol–water partition coefficient (Wildman–Crippen LogP) is 4.72. The summed E-state index contributed by atoms with van der Waals surface area (Å²) in [5, 5.41) is 3.19. The Bertz CT molecular complexity index is 1170. The molecule has 35 heavy (non-hydrogen) atoms. The maximum atomic E-state index is 13.9. The van der Waals surface area contributed by atoms with Crippen molar-refractivity contribution in [2.75, 3.05) is 19.5 Å². The van der Waals surface area contributed by atoms with Gasteiger partial charge in [-0.3, -0.25) is 19.3 Å². The normalized spacial score (nSPS) is 23.7. The first-order valence-electron chi connectivity index (χ1n) is 11.7. The molecule has 1 saturated carbocycles. The van der Waals surface area contributed by atoms with E-state index in [0.29, 0.717) is 35.1 Å². The third-order valence-corrected chi connectivity index (χ3v) is 8.37. The van der Waals surface area contributed by atoms with Gasteiger partial charge in [0.15, 0.2) is 0 Å². The van der Waals surface area contributed by atoms with Crippen molar-refractivity contribution in [3.8, 4) is 11.5 Å². The van der Waals surface area contributed by atoms with Gasteiger partial charge in [-0.25, -0.2) is 0 Å². The standard InChI is InChI=1S/C27H31ClN2O5/c1-26(2)17-11-12-27(26,3)25(33)30(24(17)32)20(13-16-9-7-6-8-10-16)23(31)29-19-15-21(34-4)18(28)14-22(19)35-5/h6-10,14-15,17,20H,11-13H2,1-5H3,(H,29,31). The number of piperidine rings is 1. The average Bonchev–Trinajstić information content (AvgIpc) is 3.02. The molecule has 1 saturated heterocycles. The number of rotatable bonds is 7. The Hall–Kier alpha value is -3.06. The van der Waals surface area contributed by atoms with Crippen LogP contribution >= 0.6 is 11.6 Å². The first-order chi connectivity index (χ1) is 16.5. The van der Waals surface area contributed by atoms with Gasteiger partial charge in [-0.1, -0.05) is 62.7 Å². The summed E-state index contributed by atoms with van der Waals surface area (Å²) in [5.74, 6) is -0.682. The third kappa shape index (κ3) is 4.05. The zero-order valence-corrected chi connectivity index (χ0v) is 21.4. The van der Waals surface area contributed by atoms with Crippen LogP contribution in [-0.4, -0.2) is 42.9 Å². The maximum absolute atomic E-state index is 13.9. The van der Waals surface area contributed by atoms with Crippen molar-refractivity contribution in [1.82, 2.24) is 4.90 Å². The van der Waals surface area contributed by atoms with Gasteiger partial charge < -0.3 is 14.8 Å². The second-order valence-electron chi connectivity index (χ2n) is 10.0. The molecule has 0 aromatic heterocycles. The van der Waals surface area contributed by atoms with Crippen LogP contribution in [0.1, 0.15) is 39.2 Å². The monoisotopic (exact) mass is 498 g/mol. The Morgan fingerprint density at radius 3 is 2.40 bits per heavy atom. The Kier molecular flexibility index (Phi) is 6.58. The summed E-state index contributed by atoms with van der Waals surface area (Å²) in [6.45, 7) is 5.88. The minimum atomic E-state index is -1.03. The summed E-state index contributed by atoms with van der Waals surface area (Å²) in [4.78, 5) is 42.5. The highest BCUT2D eigenvalue weighted by Crippen LogP contribution is 2.60. The number of hydrogen-bond donors (Lipinski definition) is 1. The van der Waals surface area contributed by atoms with E-state index in [2.05, 4.69) is 5.32 Å². The fourth-order valence-corrected chi connectivity index (χ4v) is 5.69. The molecule has 2 aromatic rings. The number of carbonyl (C=O) groups is 3. The van der Waals surface area contributed by atoms with Crippen LogP contribution < -0.4 is 14.8 Å². The van der Waals surface area contributed by atoms with Crippen LogP contribution in [0, 0.1) is 16.7 Å². The zero-order valence-electron chi connectivity index (χ0n) is 20.7. The topological polar surface area (TPSA) is 84.9 Å². The van der Waals surface area contributed by atoms with Crippen molar-refractivity contribution in [2.24, 2.45) is 16.7 Å². The molecule has 2 aliphatic rings. The Balaban J connectivity index is 1.74. The molecule has 1 N–H and O–H groups in total. The van der Waals surface area contributed by atoms with Crippen molar-refractivity contribution in [2.45, 2.75) is 46.1 Å². The maximum Gasteiger partial charge on any atom is 0.248 e. The molecule has 4 rings (SSSR count). The van der Waals surface area contributed by atoms with E-state index in [9.17, 15) is 14.4 Å². The van der Waals surface area contributed by atoms with Gasteiger partial charge in [-0.05, 0) is 23.8 Å². The summed E-state index contributed by atoms with van der Waals surface area (Å²) >= 11 is 6.21. The number of methoxy groups -OCH3 is 2. The number of nitrogens with zero attached hydrogens (tertiary/aromatic N) is 1. The number of anilines is 1. The molecular weight excluding hydrogens is 468 g/mol. The van der Waals surface area contributed by atoms with Gasteiger partial charge in [-0.2, -0.15) is 0 Å². The molecule has 0 spiro atoms. The molecule has 186 valence electrons. The van der Waals surface area contributed by atoms with Crippen LogP contribution in [0.2, 0.25) is 5.02 Å². The number of carbonyl (C=O) groups excluding carboxylic acids is 3. The molecule has 7 nitrogen and oxygen atoms in total. The van der Waals surface area contributed by atoms with Crippen LogP contribution in [0.3, 0.4) is 0 Å². The largest absolute Gasteiger partial charge is 0.495 e. The van der Waals surface area contributed by atoms with E-state index in [-0.39, 0.29) is 24.2 Å². The van der Waals surface area contributed by atoms with Gasteiger partial charge in [0.25, 0.3) is 0 Å². The van der Waals surface area contributed by atoms with E-state index in [1.54, 1.807) is 12.1 Å². The lowest BCUT2D eigenvalue weighted by atomic mass is 9.62. The van der Waals surface area contributed by atoms with Crippen molar-refractivity contribution in [3.05, 3.63) is 53.1 Å².